The molecule has 0 aliphatic rings. The van der Waals surface area contributed by atoms with Crippen LogP contribution < -0.4 is 14.4 Å². The molecule has 0 bridgehead atoms. The highest BCUT2D eigenvalue weighted by atomic mass is 16.5. The smallest absolute Gasteiger partial charge is 0.303 e. The Bertz CT molecular complexity index is 515. The number of benzene rings is 1. The third-order valence-electron chi connectivity index (χ3n) is 3.33. The van der Waals surface area contributed by atoms with Crippen LogP contribution in [0.25, 0.3) is 0 Å². The van der Waals surface area contributed by atoms with E-state index < -0.39 is 5.97 Å². The maximum Gasteiger partial charge on any atom is 0.303 e. The predicted octanol–water partition coefficient (Wildman–Crippen LogP) is 2.70. The zero-order chi connectivity index (χ0) is 16.5. The lowest BCUT2D eigenvalue weighted by Crippen LogP contribution is -2.29. The summed E-state index contributed by atoms with van der Waals surface area (Å²) in [4.78, 5) is 24.0. The predicted molar refractivity (Wildman–Crippen MR) is 83.7 cm³/mol. The first kappa shape index (κ1) is 17.8. The Hall–Kier alpha value is -2.24. The molecule has 0 fully saturated rings. The van der Waals surface area contributed by atoms with Gasteiger partial charge in [-0.3, -0.25) is 9.59 Å². The molecule has 0 aliphatic carbocycles. The van der Waals surface area contributed by atoms with Gasteiger partial charge < -0.3 is 19.5 Å². The van der Waals surface area contributed by atoms with Crippen molar-refractivity contribution in [1.29, 1.82) is 0 Å². The molecule has 1 rings (SSSR count). The van der Waals surface area contributed by atoms with Crippen molar-refractivity contribution < 1.29 is 24.2 Å². The average molecular weight is 309 g/mol. The van der Waals surface area contributed by atoms with Crippen molar-refractivity contribution in [2.75, 3.05) is 25.7 Å². The molecule has 0 radical (unpaired) electrons. The van der Waals surface area contributed by atoms with Crippen molar-refractivity contribution in [2.24, 2.45) is 0 Å². The Balaban J connectivity index is 2.70. The number of unbranched alkanes of at least 4 members (excludes halogenated alkanes) is 2. The number of methoxy groups -OCH3 is 2. The lowest BCUT2D eigenvalue weighted by molar-refractivity contribution is -0.137. The topological polar surface area (TPSA) is 76.1 Å². The minimum atomic E-state index is -0.789. The molecular formula is C16H23NO5. The van der Waals surface area contributed by atoms with E-state index in [-0.39, 0.29) is 12.3 Å². The maximum absolute atomic E-state index is 11.8. The summed E-state index contributed by atoms with van der Waals surface area (Å²) in [5, 5.41) is 8.60. The molecule has 0 spiro atoms. The van der Waals surface area contributed by atoms with Gasteiger partial charge in [0.1, 0.15) is 0 Å². The molecule has 0 heterocycles. The van der Waals surface area contributed by atoms with Crippen molar-refractivity contribution in [3.63, 3.8) is 0 Å². The van der Waals surface area contributed by atoms with Gasteiger partial charge in [-0.25, -0.2) is 0 Å². The highest BCUT2D eigenvalue weighted by Crippen LogP contribution is 2.31. The number of hydrogen-bond donors (Lipinski definition) is 1. The Labute approximate surface area is 130 Å². The van der Waals surface area contributed by atoms with Crippen molar-refractivity contribution in [3.05, 3.63) is 18.2 Å². The van der Waals surface area contributed by atoms with E-state index in [1.165, 1.54) is 6.92 Å². The van der Waals surface area contributed by atoms with Crippen LogP contribution in [0, 0.1) is 0 Å². The van der Waals surface area contributed by atoms with E-state index in [0.717, 1.165) is 18.5 Å². The first-order chi connectivity index (χ1) is 10.5. The third kappa shape index (κ3) is 5.27. The van der Waals surface area contributed by atoms with Gasteiger partial charge in [0.05, 0.1) is 14.2 Å². The second kappa shape index (κ2) is 8.92. The number of aliphatic carboxylic acids is 1. The summed E-state index contributed by atoms with van der Waals surface area (Å²) in [7, 11) is 3.11. The van der Waals surface area contributed by atoms with Crippen molar-refractivity contribution in [2.45, 2.75) is 32.6 Å². The van der Waals surface area contributed by atoms with Gasteiger partial charge in [-0.2, -0.15) is 0 Å². The van der Waals surface area contributed by atoms with E-state index in [1.807, 2.05) is 0 Å². The van der Waals surface area contributed by atoms with Crippen LogP contribution >= 0.6 is 0 Å². The Morgan fingerprint density at radius 1 is 1.09 bits per heavy atom. The zero-order valence-electron chi connectivity index (χ0n) is 13.3. The minimum Gasteiger partial charge on any atom is -0.493 e. The molecule has 0 saturated heterocycles. The number of nitrogens with zero attached hydrogens (tertiary/aromatic N) is 1. The molecule has 1 N–H and O–H groups in total. The summed E-state index contributed by atoms with van der Waals surface area (Å²) < 4.78 is 10.4. The van der Waals surface area contributed by atoms with E-state index in [4.69, 9.17) is 14.6 Å². The fraction of sp³-hybridized carbons (Fsp3) is 0.500. The van der Waals surface area contributed by atoms with Gasteiger partial charge in [-0.15, -0.1) is 0 Å². The molecule has 22 heavy (non-hydrogen) atoms. The van der Waals surface area contributed by atoms with Crippen LogP contribution in [0.2, 0.25) is 0 Å². The van der Waals surface area contributed by atoms with Gasteiger partial charge in [-0.05, 0) is 25.0 Å². The minimum absolute atomic E-state index is 0.0644. The van der Waals surface area contributed by atoms with E-state index >= 15 is 0 Å². The highest BCUT2D eigenvalue weighted by Gasteiger charge is 2.14. The molecule has 1 amide bonds. The SMILES string of the molecule is COc1ccc(N(CCCCCC(=O)O)C(C)=O)cc1OC. The monoisotopic (exact) mass is 309 g/mol. The van der Waals surface area contributed by atoms with Gasteiger partial charge in [0.2, 0.25) is 5.91 Å². The van der Waals surface area contributed by atoms with Crippen molar-refractivity contribution in [3.8, 4) is 11.5 Å². The number of carbonyl (C=O) groups excluding carboxylic acids is 1. The van der Waals surface area contributed by atoms with Gasteiger partial charge in [0, 0.05) is 31.6 Å². The number of anilines is 1. The average Bonchev–Trinajstić information content (AvgIpc) is 2.49. The van der Waals surface area contributed by atoms with E-state index in [2.05, 4.69) is 0 Å². The summed E-state index contributed by atoms with van der Waals surface area (Å²) in [6.07, 6.45) is 2.30. The standard InChI is InChI=1S/C16H23NO5/c1-12(18)17(10-6-4-5-7-16(19)20)13-8-9-14(21-2)15(11-13)22-3/h8-9,11H,4-7,10H2,1-3H3,(H,19,20). The van der Waals surface area contributed by atoms with Crippen LogP contribution in [0.1, 0.15) is 32.6 Å². The lowest BCUT2D eigenvalue weighted by Gasteiger charge is -2.22. The summed E-state index contributed by atoms with van der Waals surface area (Å²) in [5.41, 5.74) is 0.739. The van der Waals surface area contributed by atoms with Gasteiger partial charge in [0.25, 0.3) is 0 Å². The molecule has 6 nitrogen and oxygen atoms in total. The largest absolute Gasteiger partial charge is 0.493 e. The van der Waals surface area contributed by atoms with Gasteiger partial charge in [0.15, 0.2) is 11.5 Å². The fourth-order valence-corrected chi connectivity index (χ4v) is 2.18. The Morgan fingerprint density at radius 2 is 1.77 bits per heavy atom. The number of hydrogen-bond acceptors (Lipinski definition) is 4. The molecule has 0 aliphatic heterocycles. The first-order valence-electron chi connectivity index (χ1n) is 7.21. The summed E-state index contributed by atoms with van der Waals surface area (Å²) in [6, 6.07) is 5.33. The van der Waals surface area contributed by atoms with Crippen LogP contribution in [-0.2, 0) is 9.59 Å². The third-order valence-corrected chi connectivity index (χ3v) is 3.33. The highest BCUT2D eigenvalue weighted by molar-refractivity contribution is 5.91. The summed E-state index contributed by atoms with van der Waals surface area (Å²) in [5.74, 6) is 0.321. The van der Waals surface area contributed by atoms with E-state index in [9.17, 15) is 9.59 Å². The van der Waals surface area contributed by atoms with Gasteiger partial charge >= 0.3 is 5.97 Å². The van der Waals surface area contributed by atoms with Crippen LogP contribution in [0.15, 0.2) is 18.2 Å². The normalized spacial score (nSPS) is 10.1. The first-order valence-corrected chi connectivity index (χ1v) is 7.21. The number of carboxylic acid groups (broad SMARTS) is 1. The second-order valence-electron chi connectivity index (χ2n) is 4.91. The molecule has 0 saturated carbocycles. The molecule has 0 aromatic heterocycles. The van der Waals surface area contributed by atoms with Crippen molar-refractivity contribution in [1.82, 2.24) is 0 Å². The molecule has 0 unspecified atom stereocenters. The Morgan fingerprint density at radius 3 is 2.32 bits per heavy atom. The molecule has 0 atom stereocenters. The molecular weight excluding hydrogens is 286 g/mol. The van der Waals surface area contributed by atoms with E-state index in [1.54, 1.807) is 37.3 Å². The number of ether oxygens (including phenoxy) is 2. The number of rotatable bonds is 9. The van der Waals surface area contributed by atoms with Crippen molar-refractivity contribution >= 4 is 17.6 Å². The molecule has 6 heteroatoms. The van der Waals surface area contributed by atoms with Gasteiger partial charge in [-0.1, -0.05) is 6.42 Å². The quantitative estimate of drug-likeness (QED) is 0.710. The fourth-order valence-electron chi connectivity index (χ4n) is 2.18. The zero-order valence-corrected chi connectivity index (χ0v) is 13.3. The van der Waals surface area contributed by atoms with Crippen LogP contribution in [0.3, 0.4) is 0 Å². The van der Waals surface area contributed by atoms with Crippen LogP contribution in [0.4, 0.5) is 5.69 Å². The number of carboxylic acids is 1. The summed E-state index contributed by atoms with van der Waals surface area (Å²) >= 11 is 0. The van der Waals surface area contributed by atoms with Crippen LogP contribution in [-0.4, -0.2) is 37.7 Å². The lowest BCUT2D eigenvalue weighted by atomic mass is 10.1. The van der Waals surface area contributed by atoms with Crippen LogP contribution in [0.5, 0.6) is 11.5 Å². The number of amides is 1. The Kier molecular flexibility index (Phi) is 7.22. The summed E-state index contributed by atoms with van der Waals surface area (Å²) in [6.45, 7) is 2.05. The molecule has 122 valence electrons. The van der Waals surface area contributed by atoms with E-state index in [0.29, 0.717) is 24.5 Å². The molecule has 1 aromatic carbocycles. The maximum atomic E-state index is 11.8. The second-order valence-corrected chi connectivity index (χ2v) is 4.91. The number of carbonyl (C=O) groups is 2. The molecule has 1 aromatic rings.